The van der Waals surface area contributed by atoms with E-state index in [1.807, 2.05) is 0 Å². The first-order chi connectivity index (χ1) is 67.8. The molecule has 0 aliphatic heterocycles. The van der Waals surface area contributed by atoms with Gasteiger partial charge in [-0.2, -0.15) is 0 Å². The van der Waals surface area contributed by atoms with E-state index in [1.165, 1.54) is 276 Å². The van der Waals surface area contributed by atoms with Crippen LogP contribution in [0.1, 0.15) is 299 Å². The van der Waals surface area contributed by atoms with Gasteiger partial charge in [0.25, 0.3) is 0 Å². The number of hydrogen-bond acceptors (Lipinski definition) is 4. The summed E-state index contributed by atoms with van der Waals surface area (Å²) in [6, 6.07) is 126. The Morgan fingerprint density at radius 3 is 1.07 bits per heavy atom. The van der Waals surface area contributed by atoms with Crippen molar-refractivity contribution in [3.05, 3.63) is 411 Å². The maximum Gasteiger partial charge on any atom is 0.144 e. The lowest BCUT2D eigenvalue weighted by molar-refractivity contribution is 0.369. The zero-order chi connectivity index (χ0) is 93.0. The van der Waals surface area contributed by atoms with Crippen LogP contribution >= 0.6 is 0 Å². The van der Waals surface area contributed by atoms with Gasteiger partial charge in [0.05, 0.1) is 10.8 Å². The second kappa shape index (κ2) is 33.8. The average Bonchev–Trinajstić information content (AvgIpc) is 1.47. The topological polar surface area (TPSA) is 42.7 Å². The van der Waals surface area contributed by atoms with E-state index < -0.39 is 21.7 Å². The van der Waals surface area contributed by atoms with Crippen LogP contribution in [-0.4, -0.2) is 0 Å². The van der Waals surface area contributed by atoms with E-state index >= 15 is 0 Å². The maximum absolute atomic E-state index is 7.90. The van der Waals surface area contributed by atoms with Crippen molar-refractivity contribution in [1.29, 1.82) is 0 Å². The number of unbranched alkanes of at least 4 members (excludes halogenated alkanes) is 16. The van der Waals surface area contributed by atoms with Crippen LogP contribution < -0.4 is 4.90 Å². The van der Waals surface area contributed by atoms with Crippen molar-refractivity contribution >= 4 is 82.9 Å². The van der Waals surface area contributed by atoms with Gasteiger partial charge in [0, 0.05) is 82.2 Å². The van der Waals surface area contributed by atoms with E-state index in [4.69, 9.17) is 13.3 Å². The highest BCUT2D eigenvalue weighted by molar-refractivity contribution is 6.23. The molecule has 0 atom stereocenters. The Balaban J connectivity index is 0.784. The monoisotopic (exact) mass is 1800 g/mol. The molecule has 25 rings (SSSR count). The number of para-hydroxylation sites is 3. The summed E-state index contributed by atoms with van der Waals surface area (Å²) >= 11 is 0. The lowest BCUT2D eigenvalue weighted by Gasteiger charge is -2.40. The van der Waals surface area contributed by atoms with Crippen molar-refractivity contribution in [3.63, 3.8) is 0 Å². The first-order valence-corrected chi connectivity index (χ1v) is 52.7. The fourth-order valence-corrected chi connectivity index (χ4v) is 28.5. The molecule has 0 saturated carbocycles. The summed E-state index contributed by atoms with van der Waals surface area (Å²) in [6.07, 6.45) is 28.8. The normalized spacial score (nSPS) is 15.4. The van der Waals surface area contributed by atoms with E-state index in [9.17, 15) is 0 Å². The molecule has 4 heteroatoms. The number of furan rings is 3. The van der Waals surface area contributed by atoms with Gasteiger partial charge in [-0.3, -0.25) is 0 Å². The molecular formula is C134H125NO3. The van der Waals surface area contributed by atoms with Crippen molar-refractivity contribution in [2.24, 2.45) is 0 Å². The number of rotatable bonds is 31. The van der Waals surface area contributed by atoms with E-state index in [1.54, 1.807) is 16.7 Å². The Kier molecular flexibility index (Phi) is 21.2. The summed E-state index contributed by atoms with van der Waals surface area (Å²) in [6.45, 7) is 19.6. The van der Waals surface area contributed by atoms with Gasteiger partial charge in [0.2, 0.25) is 0 Å². The van der Waals surface area contributed by atoms with Crippen LogP contribution in [0.15, 0.2) is 335 Å². The zero-order valence-electron chi connectivity index (χ0n) is 81.7. The minimum atomic E-state index is -0.857. The Morgan fingerprint density at radius 2 is 0.558 bits per heavy atom. The Hall–Kier alpha value is -13.3. The molecule has 684 valence electrons. The summed E-state index contributed by atoms with van der Waals surface area (Å²) in [5.41, 5.74) is 43.4. The smallest absolute Gasteiger partial charge is 0.144 e. The number of nitrogens with zero attached hydrogens (tertiary/aromatic N) is 1. The predicted molar refractivity (Wildman–Crippen MR) is 579 cm³/mol. The van der Waals surface area contributed by atoms with E-state index in [-0.39, 0.29) is 10.8 Å². The third-order valence-electron chi connectivity index (χ3n) is 34.5. The largest absolute Gasteiger partial charge is 0.456 e. The Bertz CT molecular complexity index is 7910. The molecule has 0 radical (unpaired) electrons. The van der Waals surface area contributed by atoms with Crippen molar-refractivity contribution in [2.45, 2.75) is 242 Å². The number of hydrogen-bond donors (Lipinski definition) is 0. The van der Waals surface area contributed by atoms with Crippen LogP contribution in [0.4, 0.5) is 17.1 Å². The van der Waals surface area contributed by atoms with Crippen LogP contribution in [0.3, 0.4) is 0 Å². The molecule has 138 heavy (non-hydrogen) atoms. The molecule has 0 amide bonds. The van der Waals surface area contributed by atoms with Gasteiger partial charge >= 0.3 is 0 Å². The standard InChI is InChI=1S/C134H125NO3/c1-9-13-17-21-47-77-131(78-48-22-18-14-10-2)104-65-43-38-60-95(104)118-120-100-63-41-46-68-113(100)138-128(120)122-97-74-71-91(82-107(97)132(126(122)125(118)131,79-49-23-19-15-11-3)80-50-24-20-16-12-4)135(90-70-73-96-106(81-90)130(7,8)124-121(96)127-119(99-62-40-45-67-112(99)137-127)117-94-59-37-42-64-103(94)129(5,6)123(117)124)92-69-72-93-101-84-110-102(85-109(101)134(108(93)83-92,88-55-33-27-34-56-88)89-57-35-28-36-58-89)115-105(75-76-114-116(115)98-61-39-44-66-111(98)136-114)133(110,86-51-29-25-30-52-86)87-53-31-26-32-54-87/h25-46,51-76,81-85H,9-24,47-50,77-80H2,1-8H3. The van der Waals surface area contributed by atoms with Gasteiger partial charge in [-0.25, -0.2) is 0 Å². The lowest BCUT2D eigenvalue weighted by Crippen LogP contribution is -2.33. The minimum absolute atomic E-state index is 0.228. The molecule has 0 unspecified atom stereocenters. The molecule has 4 nitrogen and oxygen atoms in total. The quantitative estimate of drug-likeness (QED) is 0.0406. The van der Waals surface area contributed by atoms with Crippen LogP contribution in [-0.2, 0) is 32.5 Å². The molecule has 3 aromatic heterocycles. The van der Waals surface area contributed by atoms with Crippen molar-refractivity contribution < 1.29 is 13.3 Å². The van der Waals surface area contributed by atoms with Crippen molar-refractivity contribution in [2.75, 3.05) is 4.90 Å². The highest BCUT2D eigenvalue weighted by Crippen LogP contribution is 2.71. The van der Waals surface area contributed by atoms with Gasteiger partial charge in [-0.15, -0.1) is 0 Å². The molecule has 3 heterocycles. The van der Waals surface area contributed by atoms with Gasteiger partial charge in [0.1, 0.15) is 33.5 Å². The first-order valence-electron chi connectivity index (χ1n) is 52.7. The molecule has 0 N–H and O–H groups in total. The van der Waals surface area contributed by atoms with Crippen molar-refractivity contribution in [3.8, 4) is 66.8 Å². The SMILES string of the molecule is CCCCCCCC1(CCCCCCC)c2cc(N(c3ccc4c(c3)C(C)(C)c3c5c(c6c(oc7ccccc76)c3-4)-c3ccccc3C5(C)C)c3ccc4c(c3)C(c3ccccc3)(c3ccccc3)c3cc5c(cc3-4)C(c3ccccc3)(c3ccccc3)c3ccc4oc6ccccc6c4c3-5)ccc2-c2c1c1c(c3c2oc2ccccc23)-c2ccccc2C1(CCCCCCC)CCCCCCC. The van der Waals surface area contributed by atoms with Crippen LogP contribution in [0.5, 0.6) is 0 Å². The third kappa shape index (κ3) is 12.5. The zero-order valence-corrected chi connectivity index (χ0v) is 81.7. The molecule has 0 spiro atoms. The molecule has 6 aliphatic rings. The second-order valence-corrected chi connectivity index (χ2v) is 42.7. The van der Waals surface area contributed by atoms with Gasteiger partial charge in [0.15, 0.2) is 0 Å². The van der Waals surface area contributed by atoms with E-state index in [0.29, 0.717) is 0 Å². The van der Waals surface area contributed by atoms with Gasteiger partial charge in [-0.1, -0.05) is 433 Å². The summed E-state index contributed by atoms with van der Waals surface area (Å²) in [7, 11) is 0. The fourth-order valence-electron chi connectivity index (χ4n) is 28.5. The summed E-state index contributed by atoms with van der Waals surface area (Å²) in [5.74, 6) is 0. The molecule has 0 fully saturated rings. The number of benzene rings is 16. The second-order valence-electron chi connectivity index (χ2n) is 42.7. The number of fused-ring (bicyclic) bond motifs is 34. The average molecular weight is 1800 g/mol. The molecule has 16 aromatic carbocycles. The Labute approximate surface area is 814 Å². The van der Waals surface area contributed by atoms with Crippen LogP contribution in [0.25, 0.3) is 133 Å². The predicted octanol–water partition coefficient (Wildman–Crippen LogP) is 38.2. The summed E-state index contributed by atoms with van der Waals surface area (Å²) in [5, 5.41) is 7.21. The lowest BCUT2D eigenvalue weighted by atomic mass is 9.62. The maximum atomic E-state index is 7.90. The first kappa shape index (κ1) is 86.3. The third-order valence-corrected chi connectivity index (χ3v) is 34.5. The molecule has 0 saturated heterocycles. The van der Waals surface area contributed by atoms with Crippen molar-refractivity contribution in [1.82, 2.24) is 0 Å². The summed E-state index contributed by atoms with van der Waals surface area (Å²) in [4.78, 5) is 2.75. The highest BCUT2D eigenvalue weighted by Gasteiger charge is 2.58. The minimum Gasteiger partial charge on any atom is -0.456 e. The molecule has 0 bridgehead atoms. The molecule has 6 aliphatic carbocycles. The Morgan fingerprint density at radius 1 is 0.217 bits per heavy atom. The molecular weight excluding hydrogens is 1670 g/mol. The van der Waals surface area contributed by atoms with E-state index in [2.05, 4.69) is 382 Å². The summed E-state index contributed by atoms with van der Waals surface area (Å²) < 4.78 is 22.4. The fraction of sp³-hybridized carbons (Fsp3) is 0.284. The van der Waals surface area contributed by atoms with Crippen LogP contribution in [0, 0.1) is 0 Å². The number of anilines is 3. The van der Waals surface area contributed by atoms with E-state index in [0.717, 1.165) is 99.9 Å². The highest BCUT2D eigenvalue weighted by atomic mass is 16.3. The van der Waals surface area contributed by atoms with Crippen LogP contribution in [0.2, 0.25) is 0 Å². The van der Waals surface area contributed by atoms with Gasteiger partial charge < -0.3 is 18.2 Å². The van der Waals surface area contributed by atoms with Gasteiger partial charge in [-0.05, 0) is 243 Å². The molecule has 19 aromatic rings.